The molecule has 1 aliphatic rings. The molecule has 0 spiro atoms. The molecule has 0 aromatic heterocycles. The average Bonchev–Trinajstić information content (AvgIpc) is 2.80. The standard InChI is InChI=1S/C25H23NO5/c1-16-12-13-17(2)19(14-16)26-24(27)23(18-8-4-3-5-9-18)31-25(28)22-15-29-20-10-6-7-11-21(20)30-22/h3-14,22-23H,15H2,1-2H3,(H,26,27)/t22-,23-/m0/s1. The summed E-state index contributed by atoms with van der Waals surface area (Å²) in [5, 5.41) is 2.89. The number of ether oxygens (including phenoxy) is 3. The lowest BCUT2D eigenvalue weighted by Crippen LogP contribution is -2.39. The van der Waals surface area contributed by atoms with Crippen LogP contribution in [-0.4, -0.2) is 24.6 Å². The SMILES string of the molecule is Cc1ccc(C)c(NC(=O)[C@@H](OC(=O)[C@@H]2COc3ccccc3O2)c2ccccc2)c1. The summed E-state index contributed by atoms with van der Waals surface area (Å²) in [6.45, 7) is 3.86. The van der Waals surface area contributed by atoms with Crippen LogP contribution in [0.4, 0.5) is 5.69 Å². The minimum absolute atomic E-state index is 0.00988. The van der Waals surface area contributed by atoms with Crippen LogP contribution in [0.3, 0.4) is 0 Å². The zero-order valence-corrected chi connectivity index (χ0v) is 17.3. The molecule has 1 amide bonds. The van der Waals surface area contributed by atoms with Crippen LogP contribution in [0, 0.1) is 13.8 Å². The highest BCUT2D eigenvalue weighted by Gasteiger charge is 2.33. The lowest BCUT2D eigenvalue weighted by Gasteiger charge is -2.26. The molecular formula is C25H23NO5. The van der Waals surface area contributed by atoms with Crippen LogP contribution in [-0.2, 0) is 14.3 Å². The van der Waals surface area contributed by atoms with Crippen molar-refractivity contribution in [2.24, 2.45) is 0 Å². The average molecular weight is 417 g/mol. The van der Waals surface area contributed by atoms with E-state index in [1.165, 1.54) is 0 Å². The molecule has 0 fully saturated rings. The minimum Gasteiger partial charge on any atom is -0.485 e. The van der Waals surface area contributed by atoms with E-state index in [2.05, 4.69) is 5.32 Å². The topological polar surface area (TPSA) is 73.9 Å². The summed E-state index contributed by atoms with van der Waals surface area (Å²) >= 11 is 0. The van der Waals surface area contributed by atoms with E-state index in [0.29, 0.717) is 22.7 Å². The molecule has 0 saturated carbocycles. The number of fused-ring (bicyclic) bond motifs is 1. The number of carbonyl (C=O) groups excluding carboxylic acids is 2. The van der Waals surface area contributed by atoms with Gasteiger partial charge in [-0.25, -0.2) is 4.79 Å². The quantitative estimate of drug-likeness (QED) is 0.624. The summed E-state index contributed by atoms with van der Waals surface area (Å²) in [7, 11) is 0. The molecule has 4 rings (SSSR count). The molecule has 2 atom stereocenters. The molecule has 0 radical (unpaired) electrons. The maximum atomic E-state index is 13.1. The number of amides is 1. The third-order valence-corrected chi connectivity index (χ3v) is 5.00. The van der Waals surface area contributed by atoms with Gasteiger partial charge in [-0.05, 0) is 43.2 Å². The van der Waals surface area contributed by atoms with Gasteiger partial charge in [-0.1, -0.05) is 54.6 Å². The molecule has 1 heterocycles. The predicted octanol–water partition coefficient (Wildman–Crippen LogP) is 4.37. The monoisotopic (exact) mass is 417 g/mol. The number of para-hydroxylation sites is 2. The Hall–Kier alpha value is -3.80. The van der Waals surface area contributed by atoms with Gasteiger partial charge in [0.25, 0.3) is 5.91 Å². The number of hydrogen-bond donors (Lipinski definition) is 1. The molecule has 0 bridgehead atoms. The summed E-state index contributed by atoms with van der Waals surface area (Å²) in [5.74, 6) is -0.0736. The molecule has 0 saturated heterocycles. The van der Waals surface area contributed by atoms with Crippen LogP contribution in [0.1, 0.15) is 22.8 Å². The highest BCUT2D eigenvalue weighted by molar-refractivity contribution is 5.97. The molecular weight excluding hydrogens is 394 g/mol. The number of esters is 1. The second-order valence-corrected chi connectivity index (χ2v) is 7.40. The number of hydrogen-bond acceptors (Lipinski definition) is 5. The smallest absolute Gasteiger partial charge is 0.352 e. The fourth-order valence-electron chi connectivity index (χ4n) is 3.30. The molecule has 0 unspecified atom stereocenters. The van der Waals surface area contributed by atoms with Crippen LogP contribution >= 0.6 is 0 Å². The summed E-state index contributed by atoms with van der Waals surface area (Å²) in [5.41, 5.74) is 3.17. The lowest BCUT2D eigenvalue weighted by molar-refractivity contribution is -0.164. The van der Waals surface area contributed by atoms with Crippen molar-refractivity contribution in [2.75, 3.05) is 11.9 Å². The lowest BCUT2D eigenvalue weighted by atomic mass is 10.1. The molecule has 1 N–H and O–H groups in total. The Bertz CT molecular complexity index is 1100. The Morgan fingerprint density at radius 1 is 0.968 bits per heavy atom. The number of anilines is 1. The van der Waals surface area contributed by atoms with Gasteiger partial charge in [0, 0.05) is 11.3 Å². The van der Waals surface area contributed by atoms with Crippen LogP contribution < -0.4 is 14.8 Å². The molecule has 3 aromatic carbocycles. The van der Waals surface area contributed by atoms with E-state index in [0.717, 1.165) is 11.1 Å². The highest BCUT2D eigenvalue weighted by atomic mass is 16.6. The first-order valence-electron chi connectivity index (χ1n) is 10.0. The molecule has 0 aliphatic carbocycles. The molecule has 6 heteroatoms. The van der Waals surface area contributed by atoms with Crippen LogP contribution in [0.25, 0.3) is 0 Å². The van der Waals surface area contributed by atoms with Crippen molar-refractivity contribution in [3.05, 3.63) is 89.5 Å². The van der Waals surface area contributed by atoms with E-state index in [1.807, 2.05) is 44.2 Å². The summed E-state index contributed by atoms with van der Waals surface area (Å²) in [6.07, 6.45) is -2.09. The van der Waals surface area contributed by atoms with Gasteiger partial charge in [0.05, 0.1) is 0 Å². The van der Waals surface area contributed by atoms with Crippen molar-refractivity contribution in [3.8, 4) is 11.5 Å². The van der Waals surface area contributed by atoms with Crippen molar-refractivity contribution < 1.29 is 23.8 Å². The minimum atomic E-state index is -1.13. The Labute approximate surface area is 180 Å². The van der Waals surface area contributed by atoms with Crippen molar-refractivity contribution in [1.29, 1.82) is 0 Å². The van der Waals surface area contributed by atoms with Crippen LogP contribution in [0.15, 0.2) is 72.8 Å². The first-order valence-corrected chi connectivity index (χ1v) is 10.0. The first-order chi connectivity index (χ1) is 15.0. The van der Waals surface area contributed by atoms with Crippen molar-refractivity contribution in [3.63, 3.8) is 0 Å². The maximum absolute atomic E-state index is 13.1. The van der Waals surface area contributed by atoms with Gasteiger partial charge in [-0.3, -0.25) is 4.79 Å². The Morgan fingerprint density at radius 3 is 2.45 bits per heavy atom. The van der Waals surface area contributed by atoms with E-state index in [1.54, 1.807) is 42.5 Å². The van der Waals surface area contributed by atoms with Gasteiger partial charge in [0.15, 0.2) is 11.5 Å². The van der Waals surface area contributed by atoms with Gasteiger partial charge in [-0.15, -0.1) is 0 Å². The van der Waals surface area contributed by atoms with E-state index in [9.17, 15) is 9.59 Å². The van der Waals surface area contributed by atoms with E-state index in [4.69, 9.17) is 14.2 Å². The van der Waals surface area contributed by atoms with Gasteiger partial charge in [0.2, 0.25) is 12.2 Å². The van der Waals surface area contributed by atoms with Crippen LogP contribution in [0.2, 0.25) is 0 Å². The zero-order chi connectivity index (χ0) is 21.8. The second kappa shape index (κ2) is 8.92. The van der Waals surface area contributed by atoms with E-state index in [-0.39, 0.29) is 6.61 Å². The fourth-order valence-corrected chi connectivity index (χ4v) is 3.30. The molecule has 6 nitrogen and oxygen atoms in total. The number of aryl methyl sites for hydroxylation is 2. The molecule has 31 heavy (non-hydrogen) atoms. The van der Waals surface area contributed by atoms with E-state index < -0.39 is 24.1 Å². The Balaban J connectivity index is 1.54. The second-order valence-electron chi connectivity index (χ2n) is 7.40. The van der Waals surface area contributed by atoms with Crippen molar-refractivity contribution in [1.82, 2.24) is 0 Å². The van der Waals surface area contributed by atoms with Gasteiger partial charge in [-0.2, -0.15) is 0 Å². The number of rotatable bonds is 5. The Morgan fingerprint density at radius 2 is 1.68 bits per heavy atom. The fraction of sp³-hybridized carbons (Fsp3) is 0.200. The zero-order valence-electron chi connectivity index (χ0n) is 17.3. The molecule has 3 aromatic rings. The maximum Gasteiger partial charge on any atom is 0.352 e. The molecule has 1 aliphatic heterocycles. The summed E-state index contributed by atoms with van der Waals surface area (Å²) in [4.78, 5) is 26.0. The van der Waals surface area contributed by atoms with Gasteiger partial charge < -0.3 is 19.5 Å². The third kappa shape index (κ3) is 4.69. The van der Waals surface area contributed by atoms with Crippen molar-refractivity contribution in [2.45, 2.75) is 26.1 Å². The predicted molar refractivity (Wildman–Crippen MR) is 116 cm³/mol. The van der Waals surface area contributed by atoms with Crippen molar-refractivity contribution >= 4 is 17.6 Å². The first kappa shape index (κ1) is 20.5. The van der Waals surface area contributed by atoms with E-state index >= 15 is 0 Å². The van der Waals surface area contributed by atoms with Gasteiger partial charge in [0.1, 0.15) is 6.61 Å². The number of carbonyl (C=O) groups is 2. The summed E-state index contributed by atoms with van der Waals surface area (Å²) < 4.78 is 17.0. The third-order valence-electron chi connectivity index (χ3n) is 5.00. The number of benzene rings is 3. The van der Waals surface area contributed by atoms with Gasteiger partial charge >= 0.3 is 5.97 Å². The molecule has 158 valence electrons. The normalized spacial score (nSPS) is 15.6. The highest BCUT2D eigenvalue weighted by Crippen LogP contribution is 2.32. The number of nitrogens with one attached hydrogen (secondary N) is 1. The Kier molecular flexibility index (Phi) is 5.89. The summed E-state index contributed by atoms with van der Waals surface area (Å²) in [6, 6.07) is 21.8. The largest absolute Gasteiger partial charge is 0.485 e. The van der Waals surface area contributed by atoms with Crippen LogP contribution in [0.5, 0.6) is 11.5 Å².